The Morgan fingerprint density at radius 1 is 1.56 bits per heavy atom. The SMILES string of the molecule is CCCC(C)(N)C(=O)NC1CCCC1CO. The van der Waals surface area contributed by atoms with E-state index < -0.39 is 5.54 Å². The summed E-state index contributed by atoms with van der Waals surface area (Å²) in [4.78, 5) is 12.0. The van der Waals surface area contributed by atoms with Gasteiger partial charge in [-0.3, -0.25) is 4.79 Å². The lowest BCUT2D eigenvalue weighted by Crippen LogP contribution is -2.54. The normalized spacial score (nSPS) is 28.8. The van der Waals surface area contributed by atoms with E-state index in [0.29, 0.717) is 6.42 Å². The second-order valence-electron chi connectivity index (χ2n) is 5.12. The molecule has 4 heteroatoms. The maximum atomic E-state index is 12.0. The molecule has 16 heavy (non-hydrogen) atoms. The Morgan fingerprint density at radius 2 is 2.25 bits per heavy atom. The van der Waals surface area contributed by atoms with Crippen molar-refractivity contribution in [1.29, 1.82) is 0 Å². The Hall–Kier alpha value is -0.610. The molecule has 1 rings (SSSR count). The van der Waals surface area contributed by atoms with Crippen LogP contribution in [0.3, 0.4) is 0 Å². The van der Waals surface area contributed by atoms with Crippen LogP contribution in [-0.2, 0) is 4.79 Å². The number of rotatable bonds is 5. The molecule has 4 nitrogen and oxygen atoms in total. The number of carbonyl (C=O) groups is 1. The minimum atomic E-state index is -0.780. The van der Waals surface area contributed by atoms with Gasteiger partial charge in [-0.2, -0.15) is 0 Å². The lowest BCUT2D eigenvalue weighted by molar-refractivity contribution is -0.127. The van der Waals surface area contributed by atoms with Crippen molar-refractivity contribution >= 4 is 5.91 Å². The highest BCUT2D eigenvalue weighted by atomic mass is 16.3. The van der Waals surface area contributed by atoms with Crippen molar-refractivity contribution in [2.75, 3.05) is 6.61 Å². The maximum Gasteiger partial charge on any atom is 0.240 e. The minimum Gasteiger partial charge on any atom is -0.396 e. The number of carbonyl (C=O) groups excluding carboxylic acids is 1. The number of hydrogen-bond donors (Lipinski definition) is 3. The van der Waals surface area contributed by atoms with E-state index in [0.717, 1.165) is 25.7 Å². The fraction of sp³-hybridized carbons (Fsp3) is 0.917. The Balaban J connectivity index is 2.50. The van der Waals surface area contributed by atoms with Crippen LogP contribution in [0.5, 0.6) is 0 Å². The number of hydrogen-bond acceptors (Lipinski definition) is 3. The van der Waals surface area contributed by atoms with Crippen molar-refractivity contribution in [3.63, 3.8) is 0 Å². The third kappa shape index (κ3) is 3.19. The van der Waals surface area contributed by atoms with Gasteiger partial charge < -0.3 is 16.2 Å². The molecule has 1 aliphatic rings. The van der Waals surface area contributed by atoms with Crippen LogP contribution in [0.15, 0.2) is 0 Å². The summed E-state index contributed by atoms with van der Waals surface area (Å²) in [7, 11) is 0. The molecular formula is C12H24N2O2. The van der Waals surface area contributed by atoms with Crippen LogP contribution < -0.4 is 11.1 Å². The second-order valence-corrected chi connectivity index (χ2v) is 5.12. The molecule has 1 amide bonds. The molecule has 0 heterocycles. The predicted molar refractivity (Wildman–Crippen MR) is 63.9 cm³/mol. The first-order valence-electron chi connectivity index (χ1n) is 6.22. The van der Waals surface area contributed by atoms with E-state index in [-0.39, 0.29) is 24.5 Å². The van der Waals surface area contributed by atoms with Crippen molar-refractivity contribution < 1.29 is 9.90 Å². The summed E-state index contributed by atoms with van der Waals surface area (Å²) in [5.74, 6) is 0.126. The van der Waals surface area contributed by atoms with Gasteiger partial charge in [-0.15, -0.1) is 0 Å². The van der Waals surface area contributed by atoms with Crippen molar-refractivity contribution in [1.82, 2.24) is 5.32 Å². The lowest BCUT2D eigenvalue weighted by Gasteiger charge is -2.27. The van der Waals surface area contributed by atoms with Gasteiger partial charge >= 0.3 is 0 Å². The third-order valence-electron chi connectivity index (χ3n) is 3.50. The Morgan fingerprint density at radius 3 is 2.81 bits per heavy atom. The zero-order valence-corrected chi connectivity index (χ0v) is 10.3. The van der Waals surface area contributed by atoms with Crippen LogP contribution in [-0.4, -0.2) is 29.2 Å². The Labute approximate surface area is 97.6 Å². The van der Waals surface area contributed by atoms with Crippen molar-refractivity contribution in [2.45, 2.75) is 57.5 Å². The summed E-state index contributed by atoms with van der Waals surface area (Å²) < 4.78 is 0. The molecule has 0 aromatic carbocycles. The smallest absolute Gasteiger partial charge is 0.240 e. The second kappa shape index (κ2) is 5.64. The van der Waals surface area contributed by atoms with Crippen LogP contribution in [0, 0.1) is 5.92 Å². The van der Waals surface area contributed by atoms with E-state index in [4.69, 9.17) is 5.73 Å². The van der Waals surface area contributed by atoms with Gasteiger partial charge in [-0.25, -0.2) is 0 Å². The quantitative estimate of drug-likeness (QED) is 0.651. The van der Waals surface area contributed by atoms with E-state index in [9.17, 15) is 9.90 Å². The van der Waals surface area contributed by atoms with E-state index in [1.807, 2.05) is 6.92 Å². The van der Waals surface area contributed by atoms with Crippen LogP contribution in [0.4, 0.5) is 0 Å². The standard InChI is InChI=1S/C12H24N2O2/c1-3-7-12(2,13)11(16)14-10-6-4-5-9(10)8-15/h9-10,15H,3-8,13H2,1-2H3,(H,14,16). The van der Waals surface area contributed by atoms with Crippen LogP contribution in [0.1, 0.15) is 46.0 Å². The first-order chi connectivity index (χ1) is 7.51. The van der Waals surface area contributed by atoms with Gasteiger partial charge in [0.25, 0.3) is 0 Å². The Kier molecular flexibility index (Phi) is 4.74. The minimum absolute atomic E-state index is 0.0836. The van der Waals surface area contributed by atoms with Gasteiger partial charge in [-0.1, -0.05) is 19.8 Å². The Bertz CT molecular complexity index is 241. The van der Waals surface area contributed by atoms with Crippen LogP contribution >= 0.6 is 0 Å². The monoisotopic (exact) mass is 228 g/mol. The fourth-order valence-corrected chi connectivity index (χ4v) is 2.41. The summed E-state index contributed by atoms with van der Waals surface area (Å²) >= 11 is 0. The zero-order chi connectivity index (χ0) is 12.2. The van der Waals surface area contributed by atoms with Gasteiger partial charge in [0.15, 0.2) is 0 Å². The molecule has 0 aliphatic heterocycles. The predicted octanol–water partition coefficient (Wildman–Crippen LogP) is 0.781. The average Bonchev–Trinajstić information content (AvgIpc) is 2.65. The van der Waals surface area contributed by atoms with E-state index in [1.165, 1.54) is 0 Å². The summed E-state index contributed by atoms with van der Waals surface area (Å²) in [6.07, 6.45) is 4.62. The molecule has 1 saturated carbocycles. The number of nitrogens with two attached hydrogens (primary N) is 1. The summed E-state index contributed by atoms with van der Waals surface area (Å²) in [5.41, 5.74) is 5.18. The largest absolute Gasteiger partial charge is 0.396 e. The topological polar surface area (TPSA) is 75.4 Å². The van der Waals surface area contributed by atoms with Gasteiger partial charge in [0, 0.05) is 18.6 Å². The van der Waals surface area contributed by atoms with Gasteiger partial charge in [-0.05, 0) is 26.2 Å². The van der Waals surface area contributed by atoms with Crippen LogP contribution in [0.25, 0.3) is 0 Å². The van der Waals surface area contributed by atoms with Gasteiger partial charge in [0.2, 0.25) is 5.91 Å². The number of aliphatic hydroxyl groups excluding tert-OH is 1. The number of nitrogens with one attached hydrogen (secondary N) is 1. The third-order valence-corrected chi connectivity index (χ3v) is 3.50. The molecule has 1 aliphatic carbocycles. The molecule has 0 aromatic heterocycles. The van der Waals surface area contributed by atoms with Gasteiger partial charge in [0.05, 0.1) is 5.54 Å². The molecule has 4 N–H and O–H groups in total. The average molecular weight is 228 g/mol. The van der Waals surface area contributed by atoms with Crippen LogP contribution in [0.2, 0.25) is 0 Å². The zero-order valence-electron chi connectivity index (χ0n) is 10.3. The highest BCUT2D eigenvalue weighted by Gasteiger charge is 2.33. The van der Waals surface area contributed by atoms with E-state index >= 15 is 0 Å². The summed E-state index contributed by atoms with van der Waals surface area (Å²) in [5, 5.41) is 12.2. The van der Waals surface area contributed by atoms with Crippen molar-refractivity contribution in [2.24, 2.45) is 11.7 Å². The lowest BCUT2D eigenvalue weighted by atomic mass is 9.95. The fourth-order valence-electron chi connectivity index (χ4n) is 2.41. The molecule has 3 atom stereocenters. The summed E-state index contributed by atoms with van der Waals surface area (Å²) in [6.45, 7) is 3.94. The van der Waals surface area contributed by atoms with Crippen molar-refractivity contribution in [3.05, 3.63) is 0 Å². The first kappa shape index (κ1) is 13.5. The van der Waals surface area contributed by atoms with Crippen molar-refractivity contribution in [3.8, 4) is 0 Å². The van der Waals surface area contributed by atoms with E-state index in [1.54, 1.807) is 6.92 Å². The molecular weight excluding hydrogens is 204 g/mol. The molecule has 0 bridgehead atoms. The maximum absolute atomic E-state index is 12.0. The summed E-state index contributed by atoms with van der Waals surface area (Å²) in [6, 6.07) is 0.109. The van der Waals surface area contributed by atoms with E-state index in [2.05, 4.69) is 5.32 Å². The molecule has 1 fully saturated rings. The molecule has 0 saturated heterocycles. The van der Waals surface area contributed by atoms with Gasteiger partial charge in [0.1, 0.15) is 0 Å². The number of aliphatic hydroxyl groups is 1. The molecule has 0 spiro atoms. The molecule has 0 aromatic rings. The molecule has 3 unspecified atom stereocenters. The molecule has 94 valence electrons. The first-order valence-corrected chi connectivity index (χ1v) is 6.22. The highest BCUT2D eigenvalue weighted by molar-refractivity contribution is 5.85. The molecule has 0 radical (unpaired) electrons. The number of amides is 1. The highest BCUT2D eigenvalue weighted by Crippen LogP contribution is 2.25.